The van der Waals surface area contributed by atoms with Crippen molar-refractivity contribution in [1.82, 2.24) is 4.68 Å². The molecule has 3 rings (SSSR count). The first kappa shape index (κ1) is 17.3. The van der Waals surface area contributed by atoms with E-state index >= 15 is 0 Å². The maximum Gasteiger partial charge on any atom is 0.269 e. The maximum absolute atomic E-state index is 12.2. The van der Waals surface area contributed by atoms with Crippen molar-refractivity contribution < 1.29 is 0 Å². The van der Waals surface area contributed by atoms with Crippen LogP contribution < -0.4 is 16.3 Å². The van der Waals surface area contributed by atoms with E-state index in [0.29, 0.717) is 5.56 Å². The Labute approximate surface area is 152 Å². The lowest BCUT2D eigenvalue weighted by molar-refractivity contribution is 0.901. The van der Waals surface area contributed by atoms with Gasteiger partial charge in [0.1, 0.15) is 0 Å². The summed E-state index contributed by atoms with van der Waals surface area (Å²) in [4.78, 5) is 12.2. The Morgan fingerprint density at radius 3 is 2.15 bits per heavy atom. The maximum atomic E-state index is 12.2. The average Bonchev–Trinajstić information content (AvgIpc) is 2.61. The molecule has 1 heterocycles. The van der Waals surface area contributed by atoms with Crippen LogP contribution in [0, 0.1) is 32.1 Å². The summed E-state index contributed by atoms with van der Waals surface area (Å²) in [5.74, 6) is 0. The smallest absolute Gasteiger partial charge is 0.269 e. The zero-order chi connectivity index (χ0) is 18.7. The molecule has 2 aromatic carbocycles. The molecule has 5 heteroatoms. The van der Waals surface area contributed by atoms with Gasteiger partial charge in [0.05, 0.1) is 29.2 Å². The normalized spacial score (nSPS) is 10.2. The third-order valence-corrected chi connectivity index (χ3v) is 4.12. The van der Waals surface area contributed by atoms with Gasteiger partial charge in [-0.3, -0.25) is 10.2 Å². The van der Waals surface area contributed by atoms with Crippen molar-refractivity contribution in [3.05, 3.63) is 87.3 Å². The molecule has 5 nitrogen and oxygen atoms in total. The lowest BCUT2D eigenvalue weighted by atomic mass is 10.1. The molecule has 0 unspecified atom stereocenters. The van der Waals surface area contributed by atoms with Gasteiger partial charge in [0, 0.05) is 11.8 Å². The van der Waals surface area contributed by atoms with Crippen LogP contribution in [0.1, 0.15) is 22.3 Å². The summed E-state index contributed by atoms with van der Waals surface area (Å²) in [6, 6.07) is 16.5. The van der Waals surface area contributed by atoms with Crippen molar-refractivity contribution in [1.29, 1.82) is 5.26 Å². The Bertz CT molecular complexity index is 1020. The highest BCUT2D eigenvalue weighted by molar-refractivity contribution is 5.66. The minimum Gasteiger partial charge on any atom is -0.354 e. The van der Waals surface area contributed by atoms with Gasteiger partial charge in [0.15, 0.2) is 0 Å². The largest absolute Gasteiger partial charge is 0.354 e. The van der Waals surface area contributed by atoms with Gasteiger partial charge in [-0.15, -0.1) is 0 Å². The Morgan fingerprint density at radius 2 is 1.54 bits per heavy atom. The molecule has 0 saturated carbocycles. The molecule has 0 radical (unpaired) electrons. The quantitative estimate of drug-likeness (QED) is 0.742. The van der Waals surface area contributed by atoms with E-state index in [4.69, 9.17) is 5.26 Å². The van der Waals surface area contributed by atoms with Crippen LogP contribution in [-0.4, -0.2) is 4.68 Å². The van der Waals surface area contributed by atoms with Gasteiger partial charge < -0.3 is 5.32 Å². The van der Waals surface area contributed by atoms with E-state index in [1.165, 1.54) is 16.3 Å². The van der Waals surface area contributed by atoms with Gasteiger partial charge in [-0.25, -0.2) is 4.68 Å². The molecular weight excluding hydrogens is 324 g/mol. The second-order valence-electron chi connectivity index (χ2n) is 6.33. The van der Waals surface area contributed by atoms with Gasteiger partial charge >= 0.3 is 0 Å². The van der Waals surface area contributed by atoms with Crippen LogP contribution in [0.2, 0.25) is 0 Å². The number of nitrogens with one attached hydrogen (secondary N) is 2. The Balaban J connectivity index is 1.88. The summed E-state index contributed by atoms with van der Waals surface area (Å²) in [6.45, 7) is 6.20. The number of nitrogens with zero attached hydrogens (tertiary/aromatic N) is 2. The third kappa shape index (κ3) is 3.76. The molecule has 0 amide bonds. The number of hydrogen-bond donors (Lipinski definition) is 2. The second-order valence-corrected chi connectivity index (χ2v) is 6.33. The van der Waals surface area contributed by atoms with Crippen LogP contribution in [-0.2, 0) is 0 Å². The fourth-order valence-corrected chi connectivity index (χ4v) is 2.93. The number of pyridine rings is 1. The number of hydrogen-bond acceptors (Lipinski definition) is 4. The standard InChI is InChI=1S/C21H20N4O/c1-14-10-15(2)21(16(3)11-14)23-19-8-9-20(26)25(13-19)24-18-6-4-17(12-22)5-7-18/h4-11,13,23-24H,1-3H3. The Kier molecular flexibility index (Phi) is 4.76. The van der Waals surface area contributed by atoms with E-state index < -0.39 is 0 Å². The van der Waals surface area contributed by atoms with Gasteiger partial charge in [0.25, 0.3) is 5.56 Å². The molecule has 1 aromatic heterocycles. The number of aryl methyl sites for hydroxylation is 3. The summed E-state index contributed by atoms with van der Waals surface area (Å²) in [6.07, 6.45) is 1.72. The van der Waals surface area contributed by atoms with E-state index in [1.54, 1.807) is 36.5 Å². The van der Waals surface area contributed by atoms with Crippen molar-refractivity contribution in [3.63, 3.8) is 0 Å². The summed E-state index contributed by atoms with van der Waals surface area (Å²) in [5.41, 5.74) is 9.55. The number of aromatic nitrogens is 1. The minimum atomic E-state index is -0.169. The molecule has 0 aliphatic heterocycles. The number of nitriles is 1. The van der Waals surface area contributed by atoms with E-state index in [-0.39, 0.29) is 5.56 Å². The number of benzene rings is 2. The van der Waals surface area contributed by atoms with Gasteiger partial charge in [0.2, 0.25) is 0 Å². The van der Waals surface area contributed by atoms with Crippen LogP contribution in [0.15, 0.2) is 59.5 Å². The first-order chi connectivity index (χ1) is 12.5. The van der Waals surface area contributed by atoms with Crippen LogP contribution in [0.5, 0.6) is 0 Å². The summed E-state index contributed by atoms with van der Waals surface area (Å²) < 4.78 is 1.42. The van der Waals surface area contributed by atoms with Gasteiger partial charge in [-0.2, -0.15) is 5.26 Å². The molecule has 0 saturated heterocycles. The SMILES string of the molecule is Cc1cc(C)c(Nc2ccc(=O)n(Nc3ccc(C#N)cc3)c2)c(C)c1. The topological polar surface area (TPSA) is 69.8 Å². The minimum absolute atomic E-state index is 0.169. The molecule has 2 N–H and O–H groups in total. The molecular formula is C21H20N4O. The fraction of sp³-hybridized carbons (Fsp3) is 0.143. The first-order valence-electron chi connectivity index (χ1n) is 8.31. The molecule has 0 aliphatic carbocycles. The molecule has 0 spiro atoms. The Hall–Kier alpha value is -3.52. The van der Waals surface area contributed by atoms with Crippen LogP contribution in [0.25, 0.3) is 0 Å². The summed E-state index contributed by atoms with van der Waals surface area (Å²) in [7, 11) is 0. The first-order valence-corrected chi connectivity index (χ1v) is 8.31. The predicted molar refractivity (Wildman–Crippen MR) is 105 cm³/mol. The predicted octanol–water partition coefficient (Wildman–Crippen LogP) is 4.26. The summed E-state index contributed by atoms with van der Waals surface area (Å²) in [5, 5.41) is 12.3. The highest BCUT2D eigenvalue weighted by atomic mass is 16.1. The monoisotopic (exact) mass is 344 g/mol. The lowest BCUT2D eigenvalue weighted by Crippen LogP contribution is -2.25. The number of rotatable bonds is 4. The van der Waals surface area contributed by atoms with Gasteiger partial charge in [-0.05, 0) is 62.2 Å². The third-order valence-electron chi connectivity index (χ3n) is 4.12. The molecule has 0 aliphatic rings. The van der Waals surface area contributed by atoms with E-state index in [0.717, 1.165) is 28.2 Å². The van der Waals surface area contributed by atoms with Crippen molar-refractivity contribution >= 4 is 17.1 Å². The van der Waals surface area contributed by atoms with Crippen molar-refractivity contribution in [2.24, 2.45) is 0 Å². The number of anilines is 3. The summed E-state index contributed by atoms with van der Waals surface area (Å²) >= 11 is 0. The second kappa shape index (κ2) is 7.16. The van der Waals surface area contributed by atoms with E-state index in [9.17, 15) is 4.79 Å². The molecule has 0 atom stereocenters. The highest BCUT2D eigenvalue weighted by Crippen LogP contribution is 2.25. The Morgan fingerprint density at radius 1 is 0.923 bits per heavy atom. The van der Waals surface area contributed by atoms with Gasteiger partial charge in [-0.1, -0.05) is 17.7 Å². The van der Waals surface area contributed by atoms with Crippen LogP contribution in [0.3, 0.4) is 0 Å². The molecule has 3 aromatic rings. The molecule has 0 bridgehead atoms. The highest BCUT2D eigenvalue weighted by Gasteiger charge is 2.06. The average molecular weight is 344 g/mol. The van der Waals surface area contributed by atoms with E-state index in [1.807, 2.05) is 0 Å². The molecule has 26 heavy (non-hydrogen) atoms. The molecule has 0 fully saturated rings. The van der Waals surface area contributed by atoms with Crippen LogP contribution in [0.4, 0.5) is 17.1 Å². The van der Waals surface area contributed by atoms with Crippen LogP contribution >= 0.6 is 0 Å². The zero-order valence-corrected chi connectivity index (χ0v) is 15.0. The molecule has 130 valence electrons. The van der Waals surface area contributed by atoms with E-state index in [2.05, 4.69) is 49.7 Å². The lowest BCUT2D eigenvalue weighted by Gasteiger charge is -2.16. The zero-order valence-electron chi connectivity index (χ0n) is 15.0. The fourth-order valence-electron chi connectivity index (χ4n) is 2.93. The van der Waals surface area contributed by atoms with Crippen molar-refractivity contribution in [2.45, 2.75) is 20.8 Å². The van der Waals surface area contributed by atoms with Crippen molar-refractivity contribution in [2.75, 3.05) is 10.7 Å². The van der Waals surface area contributed by atoms with Crippen molar-refractivity contribution in [3.8, 4) is 6.07 Å².